The largest absolute Gasteiger partial charge is 0.494 e. The van der Waals surface area contributed by atoms with Crippen molar-refractivity contribution in [1.29, 1.82) is 0 Å². The van der Waals surface area contributed by atoms with Crippen LogP contribution in [0.1, 0.15) is 37.8 Å². The summed E-state index contributed by atoms with van der Waals surface area (Å²) in [4.78, 5) is 11.2. The first-order valence-electron chi connectivity index (χ1n) is 5.91. The molecule has 0 aliphatic heterocycles. The van der Waals surface area contributed by atoms with E-state index in [9.17, 15) is 4.79 Å². The fourth-order valence-corrected chi connectivity index (χ4v) is 1.64. The number of ketones is 1. The molecule has 0 aliphatic carbocycles. The Bertz CT molecular complexity index is 356. The highest BCUT2D eigenvalue weighted by molar-refractivity contribution is 5.78. The van der Waals surface area contributed by atoms with Crippen molar-refractivity contribution in [2.75, 3.05) is 6.61 Å². The Morgan fingerprint density at radius 3 is 2.62 bits per heavy atom. The highest BCUT2D eigenvalue weighted by Crippen LogP contribution is 2.19. The number of hydrogen-bond donors (Lipinski definition) is 0. The van der Waals surface area contributed by atoms with Crippen molar-refractivity contribution in [3.63, 3.8) is 0 Å². The van der Waals surface area contributed by atoms with Gasteiger partial charge in [0.25, 0.3) is 0 Å². The zero-order chi connectivity index (χ0) is 12.0. The third-order valence-corrected chi connectivity index (χ3v) is 2.63. The number of carbonyl (C=O) groups excluding carboxylic acids is 1. The molecule has 0 spiro atoms. The van der Waals surface area contributed by atoms with Crippen molar-refractivity contribution in [3.05, 3.63) is 29.3 Å². The number of rotatable bonds is 6. The molecule has 0 radical (unpaired) electrons. The van der Waals surface area contributed by atoms with E-state index in [0.29, 0.717) is 25.2 Å². The molecule has 0 fully saturated rings. The smallest absolute Gasteiger partial charge is 0.132 e. The molecule has 16 heavy (non-hydrogen) atoms. The summed E-state index contributed by atoms with van der Waals surface area (Å²) in [5, 5.41) is 0. The zero-order valence-corrected chi connectivity index (χ0v) is 10.4. The molecule has 1 aromatic carbocycles. The summed E-state index contributed by atoms with van der Waals surface area (Å²) in [5.74, 6) is 1.26. The van der Waals surface area contributed by atoms with Gasteiger partial charge in [-0.25, -0.2) is 0 Å². The molecular weight excluding hydrogens is 200 g/mol. The Hall–Kier alpha value is -1.31. The molecule has 0 aromatic heterocycles. The van der Waals surface area contributed by atoms with Gasteiger partial charge in [0, 0.05) is 12.8 Å². The highest BCUT2D eigenvalue weighted by atomic mass is 16.5. The fraction of sp³-hybridized carbons (Fsp3) is 0.500. The Balaban J connectivity index is 2.62. The number of ether oxygens (including phenoxy) is 1. The molecule has 0 unspecified atom stereocenters. The summed E-state index contributed by atoms with van der Waals surface area (Å²) < 4.78 is 5.47. The van der Waals surface area contributed by atoms with Crippen LogP contribution in [0.15, 0.2) is 18.2 Å². The molecule has 0 saturated carbocycles. The second-order valence-electron chi connectivity index (χ2n) is 3.93. The SMILES string of the molecule is CCOc1ccc(CCC(=O)CC)cc1C. The van der Waals surface area contributed by atoms with Crippen LogP contribution in [0, 0.1) is 6.92 Å². The number of hydrogen-bond acceptors (Lipinski definition) is 2. The van der Waals surface area contributed by atoms with Crippen LogP contribution in [-0.2, 0) is 11.2 Å². The van der Waals surface area contributed by atoms with Gasteiger partial charge in [-0.1, -0.05) is 19.1 Å². The lowest BCUT2D eigenvalue weighted by atomic mass is 10.0. The molecule has 0 N–H and O–H groups in total. The Morgan fingerprint density at radius 1 is 1.31 bits per heavy atom. The second kappa shape index (κ2) is 6.31. The zero-order valence-electron chi connectivity index (χ0n) is 10.4. The van der Waals surface area contributed by atoms with E-state index in [2.05, 4.69) is 6.07 Å². The highest BCUT2D eigenvalue weighted by Gasteiger charge is 2.03. The maximum Gasteiger partial charge on any atom is 0.132 e. The molecule has 2 nitrogen and oxygen atoms in total. The molecule has 88 valence electrons. The van der Waals surface area contributed by atoms with Gasteiger partial charge in [-0.2, -0.15) is 0 Å². The van der Waals surface area contributed by atoms with Crippen LogP contribution in [-0.4, -0.2) is 12.4 Å². The number of carbonyl (C=O) groups is 1. The molecule has 1 aromatic rings. The number of Topliss-reactive ketones (excluding diaryl/α,β-unsaturated/α-hetero) is 1. The van der Waals surface area contributed by atoms with Gasteiger partial charge in [0.15, 0.2) is 0 Å². The number of benzene rings is 1. The predicted molar refractivity (Wildman–Crippen MR) is 66.0 cm³/mol. The lowest BCUT2D eigenvalue weighted by Gasteiger charge is -2.08. The summed E-state index contributed by atoms with van der Waals surface area (Å²) in [7, 11) is 0. The Kier molecular flexibility index (Phi) is 5.03. The van der Waals surface area contributed by atoms with Crippen LogP contribution in [0.3, 0.4) is 0 Å². The Morgan fingerprint density at radius 2 is 2.06 bits per heavy atom. The van der Waals surface area contributed by atoms with Gasteiger partial charge >= 0.3 is 0 Å². The molecule has 0 heterocycles. The molecule has 0 aliphatic rings. The summed E-state index contributed by atoms with van der Waals surface area (Å²) in [6.07, 6.45) is 2.11. The van der Waals surface area contributed by atoms with Gasteiger partial charge in [-0.15, -0.1) is 0 Å². The van der Waals surface area contributed by atoms with E-state index < -0.39 is 0 Å². The summed E-state index contributed by atoms with van der Waals surface area (Å²) in [5.41, 5.74) is 2.35. The topological polar surface area (TPSA) is 26.3 Å². The van der Waals surface area contributed by atoms with Crippen LogP contribution in [0.25, 0.3) is 0 Å². The fourth-order valence-electron chi connectivity index (χ4n) is 1.64. The second-order valence-corrected chi connectivity index (χ2v) is 3.93. The minimum atomic E-state index is 0.325. The van der Waals surface area contributed by atoms with E-state index in [1.807, 2.05) is 32.9 Å². The molecule has 0 bridgehead atoms. The molecule has 0 atom stereocenters. The lowest BCUT2D eigenvalue weighted by Crippen LogP contribution is -1.99. The third kappa shape index (κ3) is 3.69. The van der Waals surface area contributed by atoms with Gasteiger partial charge in [0.05, 0.1) is 6.61 Å². The molecule has 1 rings (SSSR count). The molecule has 0 amide bonds. The normalized spacial score (nSPS) is 10.2. The van der Waals surface area contributed by atoms with E-state index in [4.69, 9.17) is 4.74 Å². The minimum Gasteiger partial charge on any atom is -0.494 e. The summed E-state index contributed by atoms with van der Waals surface area (Å²) in [6, 6.07) is 6.14. The average molecular weight is 220 g/mol. The van der Waals surface area contributed by atoms with Crippen molar-refractivity contribution < 1.29 is 9.53 Å². The monoisotopic (exact) mass is 220 g/mol. The quantitative estimate of drug-likeness (QED) is 0.735. The van der Waals surface area contributed by atoms with Crippen molar-refractivity contribution in [2.45, 2.75) is 40.0 Å². The van der Waals surface area contributed by atoms with Crippen LogP contribution in [0.4, 0.5) is 0 Å². The van der Waals surface area contributed by atoms with E-state index in [1.54, 1.807) is 0 Å². The van der Waals surface area contributed by atoms with Gasteiger partial charge in [0.1, 0.15) is 11.5 Å². The first-order valence-corrected chi connectivity index (χ1v) is 5.91. The number of aryl methyl sites for hydroxylation is 2. The molecule has 2 heteroatoms. The van der Waals surface area contributed by atoms with Crippen molar-refractivity contribution in [2.24, 2.45) is 0 Å². The van der Waals surface area contributed by atoms with Gasteiger partial charge in [-0.3, -0.25) is 4.79 Å². The van der Waals surface area contributed by atoms with E-state index in [-0.39, 0.29) is 0 Å². The predicted octanol–water partition coefficient (Wildman–Crippen LogP) is 3.31. The van der Waals surface area contributed by atoms with Crippen LogP contribution in [0.2, 0.25) is 0 Å². The minimum absolute atomic E-state index is 0.325. The molecule has 0 saturated heterocycles. The van der Waals surface area contributed by atoms with Crippen molar-refractivity contribution >= 4 is 5.78 Å². The van der Waals surface area contributed by atoms with Crippen LogP contribution >= 0.6 is 0 Å². The first-order chi connectivity index (χ1) is 7.67. The first kappa shape index (κ1) is 12.8. The van der Waals surface area contributed by atoms with Crippen molar-refractivity contribution in [1.82, 2.24) is 0 Å². The van der Waals surface area contributed by atoms with Crippen LogP contribution < -0.4 is 4.74 Å². The lowest BCUT2D eigenvalue weighted by molar-refractivity contribution is -0.118. The standard InChI is InChI=1S/C14H20O2/c1-4-13(15)8-6-12-7-9-14(16-5-2)11(3)10-12/h7,9-10H,4-6,8H2,1-3H3. The maximum atomic E-state index is 11.2. The van der Waals surface area contributed by atoms with Gasteiger partial charge < -0.3 is 4.74 Å². The maximum absolute atomic E-state index is 11.2. The average Bonchev–Trinajstić information content (AvgIpc) is 2.29. The van der Waals surface area contributed by atoms with Gasteiger partial charge in [-0.05, 0) is 37.5 Å². The summed E-state index contributed by atoms with van der Waals surface area (Å²) >= 11 is 0. The third-order valence-electron chi connectivity index (χ3n) is 2.63. The summed E-state index contributed by atoms with van der Waals surface area (Å²) in [6.45, 7) is 6.61. The van der Waals surface area contributed by atoms with E-state index in [0.717, 1.165) is 17.7 Å². The van der Waals surface area contributed by atoms with Crippen molar-refractivity contribution in [3.8, 4) is 5.75 Å². The Labute approximate surface area is 97.6 Å². The van der Waals surface area contributed by atoms with Gasteiger partial charge in [0.2, 0.25) is 0 Å². The van der Waals surface area contributed by atoms with E-state index in [1.165, 1.54) is 5.56 Å². The van der Waals surface area contributed by atoms with E-state index >= 15 is 0 Å². The van der Waals surface area contributed by atoms with Crippen LogP contribution in [0.5, 0.6) is 5.75 Å². The molecular formula is C14H20O2.